The van der Waals surface area contributed by atoms with Gasteiger partial charge < -0.3 is 5.11 Å². The fourth-order valence-electron chi connectivity index (χ4n) is 2.27. The van der Waals surface area contributed by atoms with E-state index in [1.807, 2.05) is 6.92 Å². The standard InChI is InChI=1S/C15H22O2/c1-9-6-11(3)14(12(4)7-9)8-10(2)13(5)15(16)17/h6-7,10,13H,8H2,1-5H3,(H,16,17). The van der Waals surface area contributed by atoms with Crippen LogP contribution in [-0.2, 0) is 11.2 Å². The van der Waals surface area contributed by atoms with Gasteiger partial charge in [-0.2, -0.15) is 0 Å². The summed E-state index contributed by atoms with van der Waals surface area (Å²) in [5, 5.41) is 9.01. The van der Waals surface area contributed by atoms with E-state index < -0.39 is 5.97 Å². The van der Waals surface area contributed by atoms with E-state index in [2.05, 4.69) is 32.9 Å². The van der Waals surface area contributed by atoms with Gasteiger partial charge in [-0.1, -0.05) is 31.5 Å². The molecule has 0 aliphatic carbocycles. The number of hydrogen-bond acceptors (Lipinski definition) is 1. The van der Waals surface area contributed by atoms with Gasteiger partial charge >= 0.3 is 5.97 Å². The average molecular weight is 234 g/mol. The summed E-state index contributed by atoms with van der Waals surface area (Å²) in [5.41, 5.74) is 5.11. The van der Waals surface area contributed by atoms with Crippen molar-refractivity contribution in [3.63, 3.8) is 0 Å². The third-order valence-corrected chi connectivity index (χ3v) is 3.61. The Morgan fingerprint density at radius 2 is 1.65 bits per heavy atom. The molecule has 1 rings (SSSR count). The van der Waals surface area contributed by atoms with Gasteiger partial charge in [0.05, 0.1) is 5.92 Å². The van der Waals surface area contributed by atoms with Crippen molar-refractivity contribution in [2.24, 2.45) is 11.8 Å². The Kier molecular flexibility index (Phi) is 4.33. The molecule has 17 heavy (non-hydrogen) atoms. The molecule has 0 fully saturated rings. The molecule has 2 atom stereocenters. The maximum atomic E-state index is 11.0. The first-order chi connectivity index (χ1) is 7.82. The summed E-state index contributed by atoms with van der Waals surface area (Å²) in [4.78, 5) is 11.0. The highest BCUT2D eigenvalue weighted by Crippen LogP contribution is 2.23. The molecule has 0 aromatic heterocycles. The average Bonchev–Trinajstić information content (AvgIpc) is 2.21. The van der Waals surface area contributed by atoms with E-state index in [0.717, 1.165) is 6.42 Å². The molecule has 2 heteroatoms. The monoisotopic (exact) mass is 234 g/mol. The van der Waals surface area contributed by atoms with E-state index in [4.69, 9.17) is 5.11 Å². The van der Waals surface area contributed by atoms with Crippen molar-refractivity contribution in [3.8, 4) is 0 Å². The summed E-state index contributed by atoms with van der Waals surface area (Å²) >= 11 is 0. The minimum Gasteiger partial charge on any atom is -0.481 e. The number of benzene rings is 1. The van der Waals surface area contributed by atoms with Crippen molar-refractivity contribution in [2.75, 3.05) is 0 Å². The molecule has 0 bridgehead atoms. The van der Waals surface area contributed by atoms with E-state index in [-0.39, 0.29) is 11.8 Å². The molecule has 0 spiro atoms. The Bertz CT molecular complexity index is 398. The zero-order valence-corrected chi connectivity index (χ0v) is 11.4. The van der Waals surface area contributed by atoms with Gasteiger partial charge in [0.25, 0.3) is 0 Å². The first kappa shape index (κ1) is 13.8. The SMILES string of the molecule is Cc1cc(C)c(CC(C)C(C)C(=O)O)c(C)c1. The maximum Gasteiger partial charge on any atom is 0.306 e. The highest BCUT2D eigenvalue weighted by molar-refractivity contribution is 5.69. The topological polar surface area (TPSA) is 37.3 Å². The first-order valence-corrected chi connectivity index (χ1v) is 6.12. The van der Waals surface area contributed by atoms with E-state index in [0.29, 0.717) is 0 Å². The predicted octanol–water partition coefficient (Wildman–Crippen LogP) is 3.51. The molecule has 1 N–H and O–H groups in total. The molecule has 0 radical (unpaired) electrons. The van der Waals surface area contributed by atoms with Crippen LogP contribution in [0.1, 0.15) is 36.1 Å². The van der Waals surface area contributed by atoms with Crippen LogP contribution in [0.15, 0.2) is 12.1 Å². The molecule has 1 aromatic carbocycles. The van der Waals surface area contributed by atoms with E-state index in [9.17, 15) is 4.79 Å². The maximum absolute atomic E-state index is 11.0. The first-order valence-electron chi connectivity index (χ1n) is 6.12. The molecular weight excluding hydrogens is 212 g/mol. The number of rotatable bonds is 4. The van der Waals surface area contributed by atoms with Gasteiger partial charge in [-0.15, -0.1) is 0 Å². The van der Waals surface area contributed by atoms with Crippen molar-refractivity contribution in [1.82, 2.24) is 0 Å². The lowest BCUT2D eigenvalue weighted by Gasteiger charge is -2.19. The Hall–Kier alpha value is -1.31. The number of carboxylic acids is 1. The number of aliphatic carboxylic acids is 1. The van der Waals surface area contributed by atoms with Crippen LogP contribution in [0.3, 0.4) is 0 Å². The van der Waals surface area contributed by atoms with E-state index in [1.165, 1.54) is 22.3 Å². The van der Waals surface area contributed by atoms with Crippen molar-refractivity contribution in [3.05, 3.63) is 34.4 Å². The van der Waals surface area contributed by atoms with Crippen LogP contribution in [0.25, 0.3) is 0 Å². The van der Waals surface area contributed by atoms with Gasteiger partial charge in [0.1, 0.15) is 0 Å². The summed E-state index contributed by atoms with van der Waals surface area (Å²) in [6, 6.07) is 4.33. The molecule has 0 saturated heterocycles. The second-order valence-corrected chi connectivity index (χ2v) is 5.19. The Balaban J connectivity index is 2.92. The smallest absolute Gasteiger partial charge is 0.306 e. The van der Waals surface area contributed by atoms with Crippen LogP contribution in [0.5, 0.6) is 0 Å². The van der Waals surface area contributed by atoms with Crippen LogP contribution in [-0.4, -0.2) is 11.1 Å². The summed E-state index contributed by atoms with van der Waals surface area (Å²) in [6.07, 6.45) is 0.839. The lowest BCUT2D eigenvalue weighted by Crippen LogP contribution is -2.20. The Morgan fingerprint density at radius 1 is 1.18 bits per heavy atom. The molecule has 2 nitrogen and oxygen atoms in total. The lowest BCUT2D eigenvalue weighted by atomic mass is 9.86. The van der Waals surface area contributed by atoms with Gasteiger partial charge in [0, 0.05) is 0 Å². The quantitative estimate of drug-likeness (QED) is 0.865. The predicted molar refractivity (Wildman–Crippen MR) is 70.3 cm³/mol. The van der Waals surface area contributed by atoms with Crippen molar-refractivity contribution < 1.29 is 9.90 Å². The number of aryl methyl sites for hydroxylation is 3. The van der Waals surface area contributed by atoms with Crippen LogP contribution < -0.4 is 0 Å². The third kappa shape index (κ3) is 3.32. The van der Waals surface area contributed by atoms with E-state index >= 15 is 0 Å². The summed E-state index contributed by atoms with van der Waals surface area (Å²) < 4.78 is 0. The van der Waals surface area contributed by atoms with Crippen LogP contribution >= 0.6 is 0 Å². The van der Waals surface area contributed by atoms with Crippen molar-refractivity contribution in [1.29, 1.82) is 0 Å². The minimum absolute atomic E-state index is 0.160. The fourth-order valence-corrected chi connectivity index (χ4v) is 2.27. The van der Waals surface area contributed by atoms with Gasteiger partial charge in [0.2, 0.25) is 0 Å². The summed E-state index contributed by atoms with van der Waals surface area (Å²) in [6.45, 7) is 10.1. The van der Waals surface area contributed by atoms with Gasteiger partial charge in [-0.25, -0.2) is 0 Å². The largest absolute Gasteiger partial charge is 0.481 e. The molecule has 0 amide bonds. The zero-order chi connectivity index (χ0) is 13.2. The number of carbonyl (C=O) groups is 1. The highest BCUT2D eigenvalue weighted by Gasteiger charge is 2.20. The molecule has 0 heterocycles. The summed E-state index contributed by atoms with van der Waals surface area (Å²) in [7, 11) is 0. The fraction of sp³-hybridized carbons (Fsp3) is 0.533. The summed E-state index contributed by atoms with van der Waals surface area (Å²) in [5.74, 6) is -0.845. The minimum atomic E-state index is -0.708. The van der Waals surface area contributed by atoms with Gasteiger partial charge in [-0.05, 0) is 49.8 Å². The number of hydrogen-bond donors (Lipinski definition) is 1. The van der Waals surface area contributed by atoms with E-state index in [1.54, 1.807) is 6.92 Å². The molecular formula is C15H22O2. The molecule has 0 aliphatic heterocycles. The van der Waals surface area contributed by atoms with Crippen LogP contribution in [0.2, 0.25) is 0 Å². The Labute approximate surface area is 104 Å². The third-order valence-electron chi connectivity index (χ3n) is 3.61. The normalized spacial score (nSPS) is 14.4. The molecule has 94 valence electrons. The van der Waals surface area contributed by atoms with Crippen molar-refractivity contribution >= 4 is 5.97 Å². The zero-order valence-electron chi connectivity index (χ0n) is 11.4. The second-order valence-electron chi connectivity index (χ2n) is 5.19. The van der Waals surface area contributed by atoms with Crippen LogP contribution in [0, 0.1) is 32.6 Å². The van der Waals surface area contributed by atoms with Gasteiger partial charge in [0.15, 0.2) is 0 Å². The number of carboxylic acid groups (broad SMARTS) is 1. The molecule has 0 saturated carbocycles. The highest BCUT2D eigenvalue weighted by atomic mass is 16.4. The second kappa shape index (κ2) is 5.35. The van der Waals surface area contributed by atoms with Gasteiger partial charge in [-0.3, -0.25) is 4.79 Å². The molecule has 1 aromatic rings. The molecule has 2 unspecified atom stereocenters. The lowest BCUT2D eigenvalue weighted by molar-refractivity contribution is -0.142. The van der Waals surface area contributed by atoms with Crippen LogP contribution in [0.4, 0.5) is 0 Å². The Morgan fingerprint density at radius 3 is 2.06 bits per heavy atom. The van der Waals surface area contributed by atoms with Crippen molar-refractivity contribution in [2.45, 2.75) is 41.0 Å². The molecule has 0 aliphatic rings.